The maximum atomic E-state index is 12.2. The summed E-state index contributed by atoms with van der Waals surface area (Å²) in [6.07, 6.45) is 2.10. The van der Waals surface area contributed by atoms with Gasteiger partial charge in [-0.3, -0.25) is 10.1 Å². The summed E-state index contributed by atoms with van der Waals surface area (Å²) in [4.78, 5) is 16.5. The molecule has 5 nitrogen and oxygen atoms in total. The van der Waals surface area contributed by atoms with E-state index in [-0.39, 0.29) is 23.9 Å². The number of rotatable bonds is 3. The molecule has 1 aliphatic heterocycles. The third-order valence-electron chi connectivity index (χ3n) is 3.66. The fourth-order valence-corrected chi connectivity index (χ4v) is 2.66. The van der Waals surface area contributed by atoms with Gasteiger partial charge in [-0.05, 0) is 19.3 Å². The molecule has 1 aromatic carbocycles. The number of aromatic nitrogens is 1. The predicted octanol–water partition coefficient (Wildman–Crippen LogP) is 3.09. The number of ether oxygens (including phenoxy) is 1. The highest BCUT2D eigenvalue weighted by atomic mass is 16.5. The van der Waals surface area contributed by atoms with Crippen molar-refractivity contribution >= 4 is 11.9 Å². The Hall–Kier alpha value is -2.14. The number of benzene rings is 1. The van der Waals surface area contributed by atoms with Crippen molar-refractivity contribution in [2.45, 2.75) is 32.5 Å². The molecule has 5 heteroatoms. The van der Waals surface area contributed by atoms with E-state index in [1.807, 2.05) is 44.2 Å². The zero-order valence-corrected chi connectivity index (χ0v) is 12.1. The van der Waals surface area contributed by atoms with Crippen LogP contribution in [0.5, 0.6) is 0 Å². The van der Waals surface area contributed by atoms with Crippen molar-refractivity contribution in [3.8, 4) is 11.3 Å². The lowest BCUT2D eigenvalue weighted by Gasteiger charge is -2.12. The number of nitrogens with zero attached hydrogens (tertiary/aromatic N) is 1. The Morgan fingerprint density at radius 2 is 2.05 bits per heavy atom. The van der Waals surface area contributed by atoms with Crippen molar-refractivity contribution in [1.29, 1.82) is 0 Å². The molecule has 1 amide bonds. The molecule has 1 saturated heterocycles. The van der Waals surface area contributed by atoms with E-state index in [4.69, 9.17) is 9.15 Å². The number of hydrogen-bond acceptors (Lipinski definition) is 4. The van der Waals surface area contributed by atoms with Crippen LogP contribution in [0, 0.1) is 5.92 Å². The molecule has 3 atom stereocenters. The molecule has 0 aliphatic carbocycles. The van der Waals surface area contributed by atoms with Gasteiger partial charge in [0.25, 0.3) is 5.91 Å². The highest BCUT2D eigenvalue weighted by molar-refractivity contribution is 5.93. The van der Waals surface area contributed by atoms with Gasteiger partial charge in [-0.1, -0.05) is 37.3 Å². The lowest BCUT2D eigenvalue weighted by atomic mass is 10.0. The molecule has 0 bridgehead atoms. The van der Waals surface area contributed by atoms with E-state index in [1.165, 1.54) is 6.26 Å². The largest absolute Gasteiger partial charge is 0.431 e. The molecule has 1 aromatic heterocycles. The summed E-state index contributed by atoms with van der Waals surface area (Å²) in [5.41, 5.74) is 1.64. The maximum absolute atomic E-state index is 12.2. The van der Waals surface area contributed by atoms with Crippen molar-refractivity contribution in [3.63, 3.8) is 0 Å². The van der Waals surface area contributed by atoms with E-state index < -0.39 is 6.10 Å². The van der Waals surface area contributed by atoms with Crippen LogP contribution in [-0.4, -0.2) is 23.1 Å². The second-order valence-corrected chi connectivity index (χ2v) is 5.47. The molecule has 0 radical (unpaired) electrons. The first kappa shape index (κ1) is 13.8. The summed E-state index contributed by atoms with van der Waals surface area (Å²) in [5.74, 6) is -0.00290. The summed E-state index contributed by atoms with van der Waals surface area (Å²) in [6, 6.07) is 9.87. The van der Waals surface area contributed by atoms with Gasteiger partial charge in [0.15, 0.2) is 0 Å². The van der Waals surface area contributed by atoms with Gasteiger partial charge < -0.3 is 9.15 Å². The van der Waals surface area contributed by atoms with Crippen LogP contribution in [0.2, 0.25) is 0 Å². The van der Waals surface area contributed by atoms with E-state index in [1.54, 1.807) is 0 Å². The van der Waals surface area contributed by atoms with Gasteiger partial charge in [0, 0.05) is 5.56 Å². The number of anilines is 1. The maximum Gasteiger partial charge on any atom is 0.301 e. The molecule has 0 saturated carbocycles. The minimum absolute atomic E-state index is 0.111. The summed E-state index contributed by atoms with van der Waals surface area (Å²) >= 11 is 0. The molecule has 110 valence electrons. The topological polar surface area (TPSA) is 64.4 Å². The third-order valence-corrected chi connectivity index (χ3v) is 3.66. The number of amides is 1. The first-order chi connectivity index (χ1) is 10.1. The van der Waals surface area contributed by atoms with Crippen molar-refractivity contribution in [3.05, 3.63) is 36.6 Å². The summed E-state index contributed by atoms with van der Waals surface area (Å²) in [6.45, 7) is 3.99. The van der Waals surface area contributed by atoms with Crippen molar-refractivity contribution < 1.29 is 13.9 Å². The quantitative estimate of drug-likeness (QED) is 0.941. The SMILES string of the molecule is CC1CC(C)C(C(=O)Nc2nc(-c3ccccc3)co2)O1. The summed E-state index contributed by atoms with van der Waals surface area (Å²) in [5, 5.41) is 2.68. The van der Waals surface area contributed by atoms with Crippen LogP contribution in [0.4, 0.5) is 6.01 Å². The zero-order valence-electron chi connectivity index (χ0n) is 12.1. The van der Waals surface area contributed by atoms with Crippen molar-refractivity contribution in [1.82, 2.24) is 4.98 Å². The minimum atomic E-state index is -0.438. The van der Waals surface area contributed by atoms with Gasteiger partial charge in [-0.25, -0.2) is 0 Å². The van der Waals surface area contributed by atoms with Crippen molar-refractivity contribution in [2.75, 3.05) is 5.32 Å². The Morgan fingerprint density at radius 1 is 1.29 bits per heavy atom. The predicted molar refractivity (Wildman–Crippen MR) is 78.7 cm³/mol. The lowest BCUT2D eigenvalue weighted by Crippen LogP contribution is -2.31. The van der Waals surface area contributed by atoms with E-state index in [0.717, 1.165) is 12.0 Å². The molecular formula is C16H18N2O3. The number of carbonyl (C=O) groups excluding carboxylic acids is 1. The first-order valence-electron chi connectivity index (χ1n) is 7.11. The van der Waals surface area contributed by atoms with Gasteiger partial charge >= 0.3 is 6.01 Å². The van der Waals surface area contributed by atoms with Gasteiger partial charge in [-0.2, -0.15) is 4.98 Å². The standard InChI is InChI=1S/C16H18N2O3/c1-10-8-11(2)21-14(10)15(19)18-16-17-13(9-20-16)12-6-4-3-5-7-12/h3-7,9-11,14H,8H2,1-2H3,(H,17,18,19). The van der Waals surface area contributed by atoms with Crippen LogP contribution in [0.15, 0.2) is 41.0 Å². The molecular weight excluding hydrogens is 268 g/mol. The number of carbonyl (C=O) groups is 1. The van der Waals surface area contributed by atoms with Gasteiger partial charge in [0.05, 0.1) is 6.10 Å². The van der Waals surface area contributed by atoms with E-state index in [0.29, 0.717) is 5.69 Å². The Kier molecular flexibility index (Phi) is 3.75. The van der Waals surface area contributed by atoms with E-state index in [9.17, 15) is 4.79 Å². The first-order valence-corrected chi connectivity index (χ1v) is 7.11. The average Bonchev–Trinajstić information content (AvgIpc) is 3.06. The van der Waals surface area contributed by atoms with Gasteiger partial charge in [-0.15, -0.1) is 0 Å². The molecule has 1 fully saturated rings. The Bertz CT molecular complexity index is 623. The number of oxazole rings is 1. The van der Waals surface area contributed by atoms with Crippen LogP contribution < -0.4 is 5.32 Å². The van der Waals surface area contributed by atoms with Gasteiger partial charge in [0.2, 0.25) is 0 Å². The number of hydrogen-bond donors (Lipinski definition) is 1. The second kappa shape index (κ2) is 5.69. The second-order valence-electron chi connectivity index (χ2n) is 5.47. The fourth-order valence-electron chi connectivity index (χ4n) is 2.66. The third kappa shape index (κ3) is 2.97. The monoisotopic (exact) mass is 286 g/mol. The minimum Gasteiger partial charge on any atom is -0.431 e. The van der Waals surface area contributed by atoms with E-state index >= 15 is 0 Å². The van der Waals surface area contributed by atoms with Gasteiger partial charge in [0.1, 0.15) is 18.1 Å². The molecule has 3 rings (SSSR count). The fraction of sp³-hybridized carbons (Fsp3) is 0.375. The summed E-state index contributed by atoms with van der Waals surface area (Å²) in [7, 11) is 0. The van der Waals surface area contributed by atoms with E-state index in [2.05, 4.69) is 10.3 Å². The van der Waals surface area contributed by atoms with Crippen LogP contribution in [-0.2, 0) is 9.53 Å². The van der Waals surface area contributed by atoms with Crippen LogP contribution >= 0.6 is 0 Å². The average molecular weight is 286 g/mol. The smallest absolute Gasteiger partial charge is 0.301 e. The molecule has 21 heavy (non-hydrogen) atoms. The van der Waals surface area contributed by atoms with Crippen molar-refractivity contribution in [2.24, 2.45) is 5.92 Å². The summed E-state index contributed by atoms with van der Waals surface area (Å²) < 4.78 is 10.9. The molecule has 1 aliphatic rings. The number of nitrogens with one attached hydrogen (secondary N) is 1. The van der Waals surface area contributed by atoms with Crippen LogP contribution in [0.3, 0.4) is 0 Å². The highest BCUT2D eigenvalue weighted by Crippen LogP contribution is 2.27. The van der Waals surface area contributed by atoms with Crippen LogP contribution in [0.1, 0.15) is 20.3 Å². The molecule has 0 spiro atoms. The Balaban J connectivity index is 1.69. The lowest BCUT2D eigenvalue weighted by molar-refractivity contribution is -0.127. The normalized spacial score (nSPS) is 25.0. The molecule has 3 unspecified atom stereocenters. The Labute approximate surface area is 123 Å². The Morgan fingerprint density at radius 3 is 2.71 bits per heavy atom. The molecule has 1 N–H and O–H groups in total. The molecule has 2 heterocycles. The zero-order chi connectivity index (χ0) is 14.8. The highest BCUT2D eigenvalue weighted by Gasteiger charge is 2.35. The molecule has 2 aromatic rings. The van der Waals surface area contributed by atoms with Crippen LogP contribution in [0.25, 0.3) is 11.3 Å².